The zero-order valence-electron chi connectivity index (χ0n) is 18.2. The molecular weight excluding hydrogens is 522 g/mol. The van der Waals surface area contributed by atoms with Crippen LogP contribution < -0.4 is 5.32 Å². The number of alkyl halides is 3. The first-order valence-electron chi connectivity index (χ1n) is 10.8. The minimum atomic E-state index is -4.47. The average molecular weight is 542 g/mol. The number of thiazole rings is 1. The zero-order valence-corrected chi connectivity index (χ0v) is 20.6. The first kappa shape index (κ1) is 25.5. The van der Waals surface area contributed by atoms with Crippen LogP contribution in [0.2, 0.25) is 10.0 Å². The fourth-order valence-corrected chi connectivity index (χ4v) is 5.12. The van der Waals surface area contributed by atoms with Crippen LogP contribution in [0.1, 0.15) is 39.7 Å². The van der Waals surface area contributed by atoms with Crippen molar-refractivity contribution in [2.24, 2.45) is 0 Å². The average Bonchev–Trinajstić information content (AvgIpc) is 3.34. The second-order valence-corrected chi connectivity index (χ2v) is 9.82. The van der Waals surface area contributed by atoms with E-state index >= 15 is 0 Å². The molecule has 1 aliphatic heterocycles. The lowest BCUT2D eigenvalue weighted by Gasteiger charge is -2.31. The molecule has 2 aromatic carbocycles. The maximum absolute atomic E-state index is 12.7. The van der Waals surface area contributed by atoms with Crippen molar-refractivity contribution in [2.75, 3.05) is 19.6 Å². The Morgan fingerprint density at radius 1 is 1.06 bits per heavy atom. The highest BCUT2D eigenvalue weighted by molar-refractivity contribution is 7.10. The molecule has 0 saturated carbocycles. The molecule has 1 aliphatic rings. The summed E-state index contributed by atoms with van der Waals surface area (Å²) in [7, 11) is 0. The molecule has 1 N–H and O–H groups in total. The number of nitrogens with zero attached hydrogens (tertiary/aromatic N) is 2. The van der Waals surface area contributed by atoms with Crippen LogP contribution in [0.5, 0.6) is 0 Å². The van der Waals surface area contributed by atoms with Gasteiger partial charge in [-0.05, 0) is 49.2 Å². The Bertz CT molecular complexity index is 1220. The Labute approximate surface area is 213 Å². The number of rotatable bonds is 5. The maximum atomic E-state index is 12.7. The number of aromatic nitrogens is 1. The predicted octanol–water partition coefficient (Wildman–Crippen LogP) is 6.27. The SMILES string of the molecule is O=C(NCC(=O)N1CCC(c2nc(-c3ccc(Cl)c(Cl)c3)cs2)CC1)c1ccc(C(F)(F)F)cc1. The lowest BCUT2D eigenvalue weighted by molar-refractivity contribution is -0.137. The number of halogens is 5. The Kier molecular flexibility index (Phi) is 7.68. The van der Waals surface area contributed by atoms with Gasteiger partial charge in [0.15, 0.2) is 0 Å². The van der Waals surface area contributed by atoms with Gasteiger partial charge in [0.05, 0.1) is 32.9 Å². The van der Waals surface area contributed by atoms with Crippen molar-refractivity contribution in [3.05, 3.63) is 74.0 Å². The molecule has 35 heavy (non-hydrogen) atoms. The van der Waals surface area contributed by atoms with E-state index in [1.54, 1.807) is 28.4 Å². The Morgan fingerprint density at radius 3 is 2.37 bits per heavy atom. The molecular formula is C24H20Cl2F3N3O2S. The van der Waals surface area contributed by atoms with Crippen molar-refractivity contribution < 1.29 is 22.8 Å². The second kappa shape index (κ2) is 10.6. The minimum Gasteiger partial charge on any atom is -0.343 e. The number of piperidine rings is 1. The predicted molar refractivity (Wildman–Crippen MR) is 130 cm³/mol. The van der Waals surface area contributed by atoms with Crippen molar-refractivity contribution in [3.63, 3.8) is 0 Å². The van der Waals surface area contributed by atoms with Crippen molar-refractivity contribution in [2.45, 2.75) is 24.9 Å². The zero-order chi connectivity index (χ0) is 25.2. The molecule has 5 nitrogen and oxygen atoms in total. The lowest BCUT2D eigenvalue weighted by Crippen LogP contribution is -2.43. The highest BCUT2D eigenvalue weighted by atomic mass is 35.5. The Balaban J connectivity index is 1.27. The van der Waals surface area contributed by atoms with Crippen LogP contribution in [0.3, 0.4) is 0 Å². The molecule has 0 atom stereocenters. The van der Waals surface area contributed by atoms with Gasteiger partial charge in [0.1, 0.15) is 0 Å². The third-order valence-corrected chi connectivity index (χ3v) is 7.56. The summed E-state index contributed by atoms with van der Waals surface area (Å²) in [5.74, 6) is -0.610. The van der Waals surface area contributed by atoms with Crippen LogP contribution in [0.4, 0.5) is 13.2 Å². The van der Waals surface area contributed by atoms with E-state index in [4.69, 9.17) is 28.2 Å². The van der Waals surface area contributed by atoms with Crippen LogP contribution in [-0.4, -0.2) is 41.3 Å². The molecule has 184 valence electrons. The van der Waals surface area contributed by atoms with E-state index < -0.39 is 17.6 Å². The fourth-order valence-electron chi connectivity index (χ4n) is 3.82. The molecule has 1 saturated heterocycles. The molecule has 0 spiro atoms. The van der Waals surface area contributed by atoms with E-state index in [1.165, 1.54) is 0 Å². The molecule has 0 unspecified atom stereocenters. The Morgan fingerprint density at radius 2 is 1.74 bits per heavy atom. The summed E-state index contributed by atoms with van der Waals surface area (Å²) in [5.41, 5.74) is 0.940. The summed E-state index contributed by atoms with van der Waals surface area (Å²) in [6, 6.07) is 9.25. The Hall–Kier alpha value is -2.62. The molecule has 1 fully saturated rings. The summed E-state index contributed by atoms with van der Waals surface area (Å²) in [5, 5.41) is 6.41. The summed E-state index contributed by atoms with van der Waals surface area (Å²) >= 11 is 13.7. The topological polar surface area (TPSA) is 62.3 Å². The van der Waals surface area contributed by atoms with Crippen LogP contribution >= 0.6 is 34.5 Å². The molecule has 2 heterocycles. The monoisotopic (exact) mass is 541 g/mol. The van der Waals surface area contributed by atoms with Gasteiger partial charge in [0.25, 0.3) is 5.91 Å². The molecule has 3 aromatic rings. The van der Waals surface area contributed by atoms with E-state index in [0.29, 0.717) is 23.1 Å². The summed E-state index contributed by atoms with van der Waals surface area (Å²) < 4.78 is 38.0. The van der Waals surface area contributed by atoms with Crippen LogP contribution in [-0.2, 0) is 11.0 Å². The van der Waals surface area contributed by atoms with Gasteiger partial charge in [-0.3, -0.25) is 9.59 Å². The van der Waals surface area contributed by atoms with E-state index in [-0.39, 0.29) is 23.9 Å². The van der Waals surface area contributed by atoms with E-state index in [2.05, 4.69) is 5.32 Å². The third-order valence-electron chi connectivity index (χ3n) is 5.81. The van der Waals surface area contributed by atoms with Crippen LogP contribution in [0.25, 0.3) is 11.3 Å². The van der Waals surface area contributed by atoms with Crippen molar-refractivity contribution in [1.29, 1.82) is 0 Å². The number of likely N-dealkylation sites (tertiary alicyclic amines) is 1. The number of hydrogen-bond acceptors (Lipinski definition) is 4. The fraction of sp³-hybridized carbons (Fsp3) is 0.292. The summed E-state index contributed by atoms with van der Waals surface area (Å²) in [4.78, 5) is 31.2. The summed E-state index contributed by atoms with van der Waals surface area (Å²) in [6.07, 6.45) is -2.99. The molecule has 0 radical (unpaired) electrons. The van der Waals surface area contributed by atoms with Gasteiger partial charge < -0.3 is 10.2 Å². The maximum Gasteiger partial charge on any atom is 0.416 e. The normalized spacial score (nSPS) is 14.7. The van der Waals surface area contributed by atoms with Crippen LogP contribution in [0.15, 0.2) is 47.8 Å². The smallest absolute Gasteiger partial charge is 0.343 e. The molecule has 1 aromatic heterocycles. The van der Waals surface area contributed by atoms with Crippen LogP contribution in [0, 0.1) is 0 Å². The number of nitrogens with one attached hydrogen (secondary N) is 1. The van der Waals surface area contributed by atoms with Gasteiger partial charge in [-0.1, -0.05) is 29.3 Å². The largest absolute Gasteiger partial charge is 0.416 e. The number of hydrogen-bond donors (Lipinski definition) is 1. The first-order chi connectivity index (χ1) is 16.6. The minimum absolute atomic E-state index is 0.0612. The van der Waals surface area contributed by atoms with Gasteiger partial charge in [0.2, 0.25) is 5.91 Å². The number of carbonyl (C=O) groups excluding carboxylic acids is 2. The molecule has 4 rings (SSSR count). The third kappa shape index (κ3) is 6.15. The van der Waals surface area contributed by atoms with E-state index in [0.717, 1.165) is 53.4 Å². The van der Waals surface area contributed by atoms with Gasteiger partial charge in [-0.2, -0.15) is 13.2 Å². The van der Waals surface area contributed by atoms with Crippen molar-refractivity contribution in [1.82, 2.24) is 15.2 Å². The first-order valence-corrected chi connectivity index (χ1v) is 12.4. The number of carbonyl (C=O) groups is 2. The molecule has 11 heteroatoms. The van der Waals surface area contributed by atoms with Crippen molar-refractivity contribution in [3.8, 4) is 11.3 Å². The number of amides is 2. The van der Waals surface area contributed by atoms with E-state index in [9.17, 15) is 22.8 Å². The molecule has 0 bridgehead atoms. The quantitative estimate of drug-likeness (QED) is 0.414. The van der Waals surface area contributed by atoms with Crippen molar-refractivity contribution >= 4 is 46.4 Å². The number of benzene rings is 2. The second-order valence-electron chi connectivity index (χ2n) is 8.11. The molecule has 2 amide bonds. The van der Waals surface area contributed by atoms with Gasteiger partial charge in [0, 0.05) is 35.5 Å². The highest BCUT2D eigenvalue weighted by Gasteiger charge is 2.30. The van der Waals surface area contributed by atoms with Gasteiger partial charge in [-0.15, -0.1) is 11.3 Å². The standard InChI is InChI=1S/C24H20Cl2F3N3O2S/c25-18-6-3-16(11-19(18)26)20-13-35-23(31-20)15-7-9-32(10-8-15)21(33)12-30-22(34)14-1-4-17(5-2-14)24(27,28)29/h1-6,11,13,15H,7-10,12H2,(H,30,34). The van der Waals surface area contributed by atoms with Gasteiger partial charge in [-0.25, -0.2) is 4.98 Å². The summed E-state index contributed by atoms with van der Waals surface area (Å²) in [6.45, 7) is 0.839. The van der Waals surface area contributed by atoms with Gasteiger partial charge >= 0.3 is 6.18 Å². The van der Waals surface area contributed by atoms with E-state index in [1.807, 2.05) is 11.4 Å². The molecule has 0 aliphatic carbocycles. The lowest BCUT2D eigenvalue weighted by atomic mass is 9.97. The highest BCUT2D eigenvalue weighted by Crippen LogP contribution is 2.34.